The Labute approximate surface area is 148 Å². The highest BCUT2D eigenvalue weighted by Crippen LogP contribution is 2.24. The molecule has 2 aromatic heterocycles. The number of sulfone groups is 1. The van der Waals surface area contributed by atoms with Crippen LogP contribution in [0.3, 0.4) is 0 Å². The van der Waals surface area contributed by atoms with Crippen molar-refractivity contribution in [2.24, 2.45) is 0 Å². The number of amides is 1. The Balaban J connectivity index is 1.58. The van der Waals surface area contributed by atoms with Crippen molar-refractivity contribution in [2.75, 3.05) is 23.8 Å². The predicted molar refractivity (Wildman–Crippen MR) is 94.9 cm³/mol. The fraction of sp³-hybridized carbons (Fsp3) is 0.500. The first-order chi connectivity index (χ1) is 11.5. The molecule has 24 heavy (non-hydrogen) atoms. The zero-order valence-corrected chi connectivity index (χ0v) is 15.6. The van der Waals surface area contributed by atoms with Crippen LogP contribution in [0, 0.1) is 0 Å². The van der Waals surface area contributed by atoms with Crippen LogP contribution in [0.25, 0.3) is 10.7 Å². The average Bonchev–Trinajstić information content (AvgIpc) is 3.26. The Morgan fingerprint density at radius 3 is 3.00 bits per heavy atom. The molecule has 7 nitrogen and oxygen atoms in total. The van der Waals surface area contributed by atoms with Crippen molar-refractivity contribution < 1.29 is 13.2 Å². The number of thiophene rings is 1. The van der Waals surface area contributed by atoms with Gasteiger partial charge in [-0.15, -0.1) is 16.4 Å². The molecule has 0 aliphatic carbocycles. The highest BCUT2D eigenvalue weighted by Gasteiger charge is 2.33. The largest absolute Gasteiger partial charge is 0.338 e. The van der Waals surface area contributed by atoms with Crippen molar-refractivity contribution in [1.29, 1.82) is 0 Å². The Morgan fingerprint density at radius 2 is 2.38 bits per heavy atom. The molecule has 3 heterocycles. The SMILES string of the molecule is CCN(C(=O)CSc1n[nH]c(-c2cccs2)n1)[C@H]1CCS(=O)(=O)C1. The van der Waals surface area contributed by atoms with Gasteiger partial charge in [-0.3, -0.25) is 9.89 Å². The Morgan fingerprint density at radius 1 is 1.54 bits per heavy atom. The third-order valence-electron chi connectivity index (χ3n) is 3.85. The number of hydrogen-bond acceptors (Lipinski definition) is 7. The van der Waals surface area contributed by atoms with E-state index in [0.717, 1.165) is 4.88 Å². The maximum atomic E-state index is 12.4. The lowest BCUT2D eigenvalue weighted by molar-refractivity contribution is -0.129. The molecule has 1 fully saturated rings. The first kappa shape index (κ1) is 17.4. The Hall–Kier alpha value is -1.39. The molecule has 130 valence electrons. The van der Waals surface area contributed by atoms with Crippen molar-refractivity contribution in [3.8, 4) is 10.7 Å². The van der Waals surface area contributed by atoms with Gasteiger partial charge < -0.3 is 4.90 Å². The summed E-state index contributed by atoms with van der Waals surface area (Å²) in [5, 5.41) is 9.46. The molecule has 0 radical (unpaired) electrons. The minimum absolute atomic E-state index is 0.0699. The third-order valence-corrected chi connectivity index (χ3v) is 7.31. The molecule has 1 amide bonds. The minimum atomic E-state index is -3.00. The third kappa shape index (κ3) is 3.98. The number of carbonyl (C=O) groups is 1. The Bertz CT molecular complexity index is 801. The molecule has 0 unspecified atom stereocenters. The van der Waals surface area contributed by atoms with Crippen LogP contribution in [-0.2, 0) is 14.6 Å². The zero-order chi connectivity index (χ0) is 17.2. The average molecular weight is 387 g/mol. The predicted octanol–water partition coefficient (Wildman–Crippen LogP) is 1.66. The number of aromatic nitrogens is 3. The fourth-order valence-corrected chi connectivity index (χ4v) is 5.78. The lowest BCUT2D eigenvalue weighted by atomic mass is 10.2. The number of rotatable bonds is 6. The molecular weight excluding hydrogens is 368 g/mol. The highest BCUT2D eigenvalue weighted by atomic mass is 32.2. The molecule has 1 aliphatic heterocycles. The van der Waals surface area contributed by atoms with Gasteiger partial charge in [0.25, 0.3) is 0 Å². The molecule has 0 bridgehead atoms. The second kappa shape index (κ2) is 7.24. The maximum Gasteiger partial charge on any atom is 0.233 e. The molecule has 0 saturated carbocycles. The van der Waals surface area contributed by atoms with Gasteiger partial charge in [0, 0.05) is 12.6 Å². The van der Waals surface area contributed by atoms with Crippen molar-refractivity contribution in [3.63, 3.8) is 0 Å². The van der Waals surface area contributed by atoms with E-state index in [0.29, 0.717) is 23.9 Å². The van der Waals surface area contributed by atoms with Crippen LogP contribution in [0.1, 0.15) is 13.3 Å². The molecule has 1 N–H and O–H groups in total. The molecule has 10 heteroatoms. The summed E-state index contributed by atoms with van der Waals surface area (Å²) in [6.07, 6.45) is 0.524. The second-order valence-electron chi connectivity index (χ2n) is 5.47. The number of nitrogens with one attached hydrogen (secondary N) is 1. The fourth-order valence-electron chi connectivity index (χ4n) is 2.70. The summed E-state index contributed by atoms with van der Waals surface area (Å²) in [5.74, 6) is 1.05. The van der Waals surface area contributed by atoms with Crippen LogP contribution in [0.5, 0.6) is 0 Å². The van der Waals surface area contributed by atoms with E-state index in [1.54, 1.807) is 16.2 Å². The topological polar surface area (TPSA) is 96.0 Å². The standard InChI is InChI=1S/C14H18N4O3S3/c1-2-18(10-5-7-24(20,21)9-10)12(19)8-23-14-15-13(16-17-14)11-4-3-6-22-11/h3-4,6,10H,2,5,7-9H2,1H3,(H,15,16,17)/t10-/m0/s1. The molecule has 0 aromatic carbocycles. The summed E-state index contributed by atoms with van der Waals surface area (Å²) in [4.78, 5) is 19.4. The van der Waals surface area contributed by atoms with Crippen LogP contribution >= 0.6 is 23.1 Å². The van der Waals surface area contributed by atoms with Gasteiger partial charge in [0.15, 0.2) is 15.7 Å². The first-order valence-corrected chi connectivity index (χ1v) is 11.3. The summed E-state index contributed by atoms with van der Waals surface area (Å²) < 4.78 is 23.2. The summed E-state index contributed by atoms with van der Waals surface area (Å²) in [7, 11) is -3.00. The quantitative estimate of drug-likeness (QED) is 0.759. The molecule has 3 rings (SSSR count). The molecular formula is C14H18N4O3S3. The van der Waals surface area contributed by atoms with Crippen LogP contribution in [0.15, 0.2) is 22.7 Å². The number of carbonyl (C=O) groups excluding carboxylic acids is 1. The van der Waals surface area contributed by atoms with Crippen molar-refractivity contribution in [3.05, 3.63) is 17.5 Å². The van der Waals surface area contributed by atoms with E-state index in [4.69, 9.17) is 0 Å². The van der Waals surface area contributed by atoms with E-state index in [-0.39, 0.29) is 29.2 Å². The van der Waals surface area contributed by atoms with Crippen LogP contribution in [-0.4, -0.2) is 64.3 Å². The molecule has 0 spiro atoms. The van der Waals surface area contributed by atoms with E-state index in [2.05, 4.69) is 15.2 Å². The van der Waals surface area contributed by atoms with Gasteiger partial charge in [-0.25, -0.2) is 13.4 Å². The molecule has 1 aliphatic rings. The maximum absolute atomic E-state index is 12.4. The minimum Gasteiger partial charge on any atom is -0.338 e. The lowest BCUT2D eigenvalue weighted by Gasteiger charge is -2.26. The van der Waals surface area contributed by atoms with Gasteiger partial charge in [-0.05, 0) is 24.8 Å². The summed E-state index contributed by atoms with van der Waals surface area (Å²) in [6, 6.07) is 3.68. The second-order valence-corrected chi connectivity index (χ2v) is 9.59. The smallest absolute Gasteiger partial charge is 0.233 e. The van der Waals surface area contributed by atoms with Crippen LogP contribution in [0.4, 0.5) is 0 Å². The zero-order valence-electron chi connectivity index (χ0n) is 13.1. The number of aromatic amines is 1. The number of hydrogen-bond donors (Lipinski definition) is 1. The molecule has 2 aromatic rings. The lowest BCUT2D eigenvalue weighted by Crippen LogP contribution is -2.41. The van der Waals surface area contributed by atoms with E-state index in [9.17, 15) is 13.2 Å². The summed E-state index contributed by atoms with van der Waals surface area (Å²) in [6.45, 7) is 2.38. The summed E-state index contributed by atoms with van der Waals surface area (Å²) >= 11 is 2.82. The molecule has 1 saturated heterocycles. The number of H-pyrrole nitrogens is 1. The van der Waals surface area contributed by atoms with E-state index < -0.39 is 9.84 Å². The Kier molecular flexibility index (Phi) is 5.26. The first-order valence-electron chi connectivity index (χ1n) is 7.57. The number of nitrogens with zero attached hydrogens (tertiary/aromatic N) is 3. The van der Waals surface area contributed by atoms with Gasteiger partial charge in [0.05, 0.1) is 22.1 Å². The number of thioether (sulfide) groups is 1. The normalized spacial score (nSPS) is 19.5. The monoisotopic (exact) mass is 386 g/mol. The van der Waals surface area contributed by atoms with Crippen molar-refractivity contribution >= 4 is 38.8 Å². The van der Waals surface area contributed by atoms with Crippen LogP contribution < -0.4 is 0 Å². The van der Waals surface area contributed by atoms with E-state index in [1.165, 1.54) is 11.8 Å². The van der Waals surface area contributed by atoms with Gasteiger partial charge in [-0.1, -0.05) is 17.8 Å². The molecule has 1 atom stereocenters. The van der Waals surface area contributed by atoms with E-state index in [1.807, 2.05) is 24.4 Å². The van der Waals surface area contributed by atoms with Crippen molar-refractivity contribution in [2.45, 2.75) is 24.5 Å². The van der Waals surface area contributed by atoms with Gasteiger partial charge >= 0.3 is 0 Å². The van der Waals surface area contributed by atoms with Crippen molar-refractivity contribution in [1.82, 2.24) is 20.1 Å². The van der Waals surface area contributed by atoms with E-state index >= 15 is 0 Å². The highest BCUT2D eigenvalue weighted by molar-refractivity contribution is 7.99. The van der Waals surface area contributed by atoms with Crippen LogP contribution in [0.2, 0.25) is 0 Å². The summed E-state index contributed by atoms with van der Waals surface area (Å²) in [5.41, 5.74) is 0. The van der Waals surface area contributed by atoms with Gasteiger partial charge in [-0.2, -0.15) is 0 Å². The van der Waals surface area contributed by atoms with Gasteiger partial charge in [0.1, 0.15) is 0 Å². The van der Waals surface area contributed by atoms with Gasteiger partial charge in [0.2, 0.25) is 11.1 Å².